The average molecular weight is 805 g/mol. The number of benzene rings is 4. The van der Waals surface area contributed by atoms with Crippen molar-refractivity contribution in [2.45, 2.75) is 75.3 Å². The SMILES string of the molecule is C.Cc1cc(C(=O)O)ccc1-c1nc(-c2cc3c(C)ccc(C)c3o2)no1.Cc1cc(C(=O)OC(C)(C)C)ccc1C(=O)O.Cc1ccc(C)c2oc(/C(N)=N\O)cc12. The Labute approximate surface area is 340 Å². The third-order valence-corrected chi connectivity index (χ3v) is 9.00. The molecule has 3 heterocycles. The first-order valence-electron chi connectivity index (χ1n) is 18.0. The first kappa shape index (κ1) is 44.5. The Morgan fingerprint density at radius 3 is 1.76 bits per heavy atom. The van der Waals surface area contributed by atoms with Gasteiger partial charge in [-0.3, -0.25) is 0 Å². The molecule has 0 radical (unpaired) electrons. The fourth-order valence-corrected chi connectivity index (χ4v) is 5.91. The molecule has 0 aliphatic heterocycles. The van der Waals surface area contributed by atoms with Gasteiger partial charge in [0.2, 0.25) is 11.7 Å². The smallest absolute Gasteiger partial charge is 0.338 e. The van der Waals surface area contributed by atoms with Crippen LogP contribution in [0.1, 0.15) is 98.4 Å². The van der Waals surface area contributed by atoms with Crippen LogP contribution in [0.15, 0.2) is 91.3 Å². The van der Waals surface area contributed by atoms with Crippen LogP contribution in [0.2, 0.25) is 0 Å². The molecule has 14 nitrogen and oxygen atoms in total. The number of furan rings is 2. The number of carbonyl (C=O) groups excluding carboxylic acids is 1. The summed E-state index contributed by atoms with van der Waals surface area (Å²) in [5.74, 6) is -0.822. The van der Waals surface area contributed by atoms with E-state index in [1.165, 1.54) is 24.3 Å². The minimum Gasteiger partial charge on any atom is -0.478 e. The molecule has 0 atom stereocenters. The normalized spacial score (nSPS) is 11.2. The van der Waals surface area contributed by atoms with Crippen LogP contribution in [0, 0.1) is 41.5 Å². The summed E-state index contributed by atoms with van der Waals surface area (Å²) >= 11 is 0. The summed E-state index contributed by atoms with van der Waals surface area (Å²) in [5.41, 5.74) is 13.6. The van der Waals surface area contributed by atoms with Crippen molar-refractivity contribution in [3.8, 4) is 23.0 Å². The number of esters is 1. The zero-order valence-electron chi connectivity index (χ0n) is 33.5. The van der Waals surface area contributed by atoms with Gasteiger partial charge < -0.3 is 39.2 Å². The first-order valence-corrected chi connectivity index (χ1v) is 18.0. The van der Waals surface area contributed by atoms with Gasteiger partial charge in [-0.25, -0.2) is 14.4 Å². The molecule has 59 heavy (non-hydrogen) atoms. The third kappa shape index (κ3) is 10.2. The summed E-state index contributed by atoms with van der Waals surface area (Å²) in [5, 5.41) is 35.4. The van der Waals surface area contributed by atoms with E-state index in [2.05, 4.69) is 15.3 Å². The zero-order valence-corrected chi connectivity index (χ0v) is 33.5. The van der Waals surface area contributed by atoms with Crippen LogP contribution < -0.4 is 5.73 Å². The van der Waals surface area contributed by atoms with Crippen LogP contribution in [0.4, 0.5) is 0 Å². The highest BCUT2D eigenvalue weighted by Gasteiger charge is 2.20. The molecule has 0 aliphatic rings. The van der Waals surface area contributed by atoms with Gasteiger partial charge >= 0.3 is 17.9 Å². The number of oxime groups is 1. The number of rotatable bonds is 6. The van der Waals surface area contributed by atoms with E-state index in [0.717, 1.165) is 49.8 Å². The largest absolute Gasteiger partial charge is 0.478 e. The van der Waals surface area contributed by atoms with Crippen LogP contribution in [0.3, 0.4) is 0 Å². The Bertz CT molecular complexity index is 2630. The van der Waals surface area contributed by atoms with E-state index in [1.807, 2.05) is 58.0 Å². The van der Waals surface area contributed by atoms with Gasteiger partial charge in [0.15, 0.2) is 11.5 Å². The lowest BCUT2D eigenvalue weighted by atomic mass is 10.1. The summed E-state index contributed by atoms with van der Waals surface area (Å²) < 4.78 is 22.0. The zero-order chi connectivity index (χ0) is 42.6. The predicted octanol–water partition coefficient (Wildman–Crippen LogP) is 10.2. The maximum Gasteiger partial charge on any atom is 0.338 e. The molecule has 7 aromatic rings. The van der Waals surface area contributed by atoms with Crippen molar-refractivity contribution < 1.29 is 47.9 Å². The van der Waals surface area contributed by atoms with E-state index in [4.69, 9.17) is 39.2 Å². The lowest BCUT2D eigenvalue weighted by Gasteiger charge is -2.19. The summed E-state index contributed by atoms with van der Waals surface area (Å²) in [6, 6.07) is 20.9. The fraction of sp³-hybridized carbons (Fsp3) is 0.244. The van der Waals surface area contributed by atoms with Crippen molar-refractivity contribution in [1.82, 2.24) is 10.1 Å². The number of aromatic carboxylic acids is 2. The summed E-state index contributed by atoms with van der Waals surface area (Å²) in [6.07, 6.45) is 0. The molecule has 0 bridgehead atoms. The van der Waals surface area contributed by atoms with E-state index in [-0.39, 0.29) is 24.4 Å². The number of aromatic nitrogens is 2. The predicted molar refractivity (Wildman–Crippen MR) is 224 cm³/mol. The fourth-order valence-electron chi connectivity index (χ4n) is 5.91. The highest BCUT2D eigenvalue weighted by molar-refractivity contribution is 5.99. The number of fused-ring (bicyclic) bond motifs is 2. The number of carboxylic acid groups (broad SMARTS) is 2. The van der Waals surface area contributed by atoms with E-state index in [1.54, 1.807) is 52.8 Å². The van der Waals surface area contributed by atoms with Crippen LogP contribution in [0.5, 0.6) is 0 Å². The number of hydrogen-bond donors (Lipinski definition) is 4. The third-order valence-electron chi connectivity index (χ3n) is 9.00. The molecule has 5 N–H and O–H groups in total. The molecule has 308 valence electrons. The molecule has 0 unspecified atom stereocenters. The number of carbonyl (C=O) groups is 3. The lowest BCUT2D eigenvalue weighted by Crippen LogP contribution is -2.24. The number of carboxylic acids is 2. The van der Waals surface area contributed by atoms with Gasteiger partial charge in [-0.2, -0.15) is 4.98 Å². The molecular formula is C45H48N4O10. The van der Waals surface area contributed by atoms with Crippen molar-refractivity contribution in [3.63, 3.8) is 0 Å². The number of nitrogens with zero attached hydrogens (tertiary/aromatic N) is 3. The van der Waals surface area contributed by atoms with Crippen LogP contribution in [-0.4, -0.2) is 54.9 Å². The van der Waals surface area contributed by atoms with Gasteiger partial charge in [0.05, 0.1) is 16.7 Å². The van der Waals surface area contributed by atoms with Gasteiger partial charge in [0.1, 0.15) is 16.8 Å². The second-order valence-electron chi connectivity index (χ2n) is 14.7. The van der Waals surface area contributed by atoms with Gasteiger partial charge in [-0.1, -0.05) is 42.0 Å². The molecule has 0 fully saturated rings. The van der Waals surface area contributed by atoms with Crippen molar-refractivity contribution >= 4 is 45.7 Å². The van der Waals surface area contributed by atoms with Crippen LogP contribution in [0.25, 0.3) is 45.0 Å². The summed E-state index contributed by atoms with van der Waals surface area (Å²) in [4.78, 5) is 38.0. The minimum atomic E-state index is -1.00. The quantitative estimate of drug-likeness (QED) is 0.0404. The van der Waals surface area contributed by atoms with Gasteiger partial charge in [0.25, 0.3) is 5.89 Å². The topological polar surface area (TPSA) is 225 Å². The monoisotopic (exact) mass is 804 g/mol. The molecule has 4 aromatic carbocycles. The number of aryl methyl sites for hydroxylation is 6. The molecule has 0 aliphatic carbocycles. The summed E-state index contributed by atoms with van der Waals surface area (Å²) in [7, 11) is 0. The molecule has 14 heteroatoms. The van der Waals surface area contributed by atoms with Crippen LogP contribution in [-0.2, 0) is 4.74 Å². The Morgan fingerprint density at radius 2 is 1.25 bits per heavy atom. The molecule has 3 aromatic heterocycles. The molecule has 0 saturated heterocycles. The van der Waals surface area contributed by atoms with E-state index in [0.29, 0.717) is 39.9 Å². The Balaban J connectivity index is 0.000000204. The second kappa shape index (κ2) is 17.9. The Hall–Kier alpha value is -7.22. The van der Waals surface area contributed by atoms with Gasteiger partial charge in [0, 0.05) is 16.3 Å². The summed E-state index contributed by atoms with van der Waals surface area (Å²) in [6.45, 7) is 16.8. The van der Waals surface area contributed by atoms with Crippen molar-refractivity contribution in [2.24, 2.45) is 10.9 Å². The number of ether oxygens (including phenoxy) is 1. The van der Waals surface area contributed by atoms with Crippen molar-refractivity contribution in [2.75, 3.05) is 0 Å². The molecule has 0 spiro atoms. The average Bonchev–Trinajstić information content (AvgIpc) is 3.94. The van der Waals surface area contributed by atoms with Gasteiger partial charge in [-0.05, 0) is 144 Å². The van der Waals surface area contributed by atoms with E-state index >= 15 is 0 Å². The second-order valence-corrected chi connectivity index (χ2v) is 14.7. The number of amidine groups is 1. The molecule has 0 saturated carbocycles. The number of nitrogens with two attached hydrogens (primary N) is 1. The Kier molecular flexibility index (Phi) is 13.5. The van der Waals surface area contributed by atoms with E-state index < -0.39 is 23.5 Å². The molecule has 0 amide bonds. The highest BCUT2D eigenvalue weighted by Crippen LogP contribution is 2.32. The van der Waals surface area contributed by atoms with Gasteiger partial charge in [-0.15, -0.1) is 0 Å². The van der Waals surface area contributed by atoms with Crippen molar-refractivity contribution in [1.29, 1.82) is 0 Å². The highest BCUT2D eigenvalue weighted by atomic mass is 16.6. The van der Waals surface area contributed by atoms with E-state index in [9.17, 15) is 14.4 Å². The number of hydrogen-bond acceptors (Lipinski definition) is 11. The van der Waals surface area contributed by atoms with Crippen molar-refractivity contribution in [3.05, 3.63) is 129 Å². The first-order chi connectivity index (χ1) is 27.3. The maximum absolute atomic E-state index is 11.7. The maximum atomic E-state index is 11.7. The standard InChI is InChI=1S/C20H16N2O4.C13H16O4.C11H12N2O2.CH4/c1-10-4-5-11(2)17-15(10)9-16(25-17)18-21-19(26-22-18)14-7-6-13(20(23)24)8-12(14)3;1-8-7-9(5-6-10(8)11(14)15)12(16)17-13(2,3)4;1-6-3-4-7(2)10-8(6)5-9(15-10)11(12)13-14;/h4-9H,1-3H3,(H,23,24);5-7H,1-4H3,(H,14,15);3-5,14H,1-2H3,(H2,12,13);1H4. The molecular weight excluding hydrogens is 757 g/mol. The van der Waals surface area contributed by atoms with Crippen LogP contribution >= 0.6 is 0 Å². The molecule has 7 rings (SSSR count). The minimum absolute atomic E-state index is 0. The Morgan fingerprint density at radius 1 is 0.695 bits per heavy atom. The lowest BCUT2D eigenvalue weighted by molar-refractivity contribution is 0.00687.